The molecule has 0 amide bonds. The van der Waals surface area contributed by atoms with Crippen LogP contribution < -0.4 is 5.56 Å². The molecule has 2 N–H and O–H groups in total. The Morgan fingerprint density at radius 3 is 2.67 bits per heavy atom. The fraction of sp³-hybridized carbons (Fsp3) is 0.333. The van der Waals surface area contributed by atoms with Crippen molar-refractivity contribution >= 4 is 5.97 Å². The molecule has 0 fully saturated rings. The molecular weight excluding hydrogens is 208 g/mol. The summed E-state index contributed by atoms with van der Waals surface area (Å²) in [6.07, 6.45) is -3.24. The highest BCUT2D eigenvalue weighted by Gasteiger charge is 2.14. The van der Waals surface area contributed by atoms with Gasteiger partial charge in [-0.15, -0.1) is 0 Å². The predicted molar refractivity (Wildman–Crippen MR) is 48.1 cm³/mol. The third-order valence-corrected chi connectivity index (χ3v) is 1.92. The minimum atomic E-state index is -2.77. The van der Waals surface area contributed by atoms with Gasteiger partial charge in [0.1, 0.15) is 0 Å². The number of halogens is 2. The number of rotatable bonds is 3. The van der Waals surface area contributed by atoms with Crippen LogP contribution in [0.1, 0.15) is 23.2 Å². The lowest BCUT2D eigenvalue weighted by atomic mass is 10.1. The van der Waals surface area contributed by atoms with Crippen LogP contribution in [0.5, 0.6) is 0 Å². The quantitative estimate of drug-likeness (QED) is 0.800. The molecular formula is C9H9F2NO3. The molecule has 0 saturated heterocycles. The van der Waals surface area contributed by atoms with E-state index in [1.165, 1.54) is 13.0 Å². The maximum Gasteiger partial charge on any atom is 0.308 e. The van der Waals surface area contributed by atoms with Crippen molar-refractivity contribution in [2.24, 2.45) is 0 Å². The van der Waals surface area contributed by atoms with Crippen molar-refractivity contribution < 1.29 is 18.7 Å². The first-order chi connectivity index (χ1) is 6.91. The highest BCUT2D eigenvalue weighted by molar-refractivity contribution is 5.70. The summed E-state index contributed by atoms with van der Waals surface area (Å²) in [6.45, 7) is 1.39. The number of nitrogens with one attached hydrogen (secondary N) is 1. The molecule has 0 saturated carbocycles. The van der Waals surface area contributed by atoms with Crippen LogP contribution in [-0.2, 0) is 11.2 Å². The van der Waals surface area contributed by atoms with Gasteiger partial charge >= 0.3 is 5.97 Å². The van der Waals surface area contributed by atoms with Crippen LogP contribution in [-0.4, -0.2) is 16.1 Å². The molecule has 15 heavy (non-hydrogen) atoms. The number of carboxylic acid groups (broad SMARTS) is 1. The van der Waals surface area contributed by atoms with Gasteiger partial charge < -0.3 is 10.1 Å². The van der Waals surface area contributed by atoms with Crippen molar-refractivity contribution in [1.82, 2.24) is 4.98 Å². The second-order valence-electron chi connectivity index (χ2n) is 3.09. The van der Waals surface area contributed by atoms with Crippen molar-refractivity contribution in [2.45, 2.75) is 19.8 Å². The number of aryl methyl sites for hydroxylation is 1. The van der Waals surface area contributed by atoms with Crippen molar-refractivity contribution in [1.29, 1.82) is 0 Å². The fourth-order valence-electron chi connectivity index (χ4n) is 1.23. The number of aromatic nitrogens is 1. The molecule has 4 nitrogen and oxygen atoms in total. The van der Waals surface area contributed by atoms with Crippen LogP contribution in [0.4, 0.5) is 8.78 Å². The second-order valence-corrected chi connectivity index (χ2v) is 3.09. The van der Waals surface area contributed by atoms with Gasteiger partial charge in [0.15, 0.2) is 0 Å². The van der Waals surface area contributed by atoms with Gasteiger partial charge in [0.05, 0.1) is 12.1 Å². The van der Waals surface area contributed by atoms with Crippen molar-refractivity contribution in [3.05, 3.63) is 33.2 Å². The third kappa shape index (κ3) is 2.61. The van der Waals surface area contributed by atoms with E-state index in [1.54, 1.807) is 0 Å². The Morgan fingerprint density at radius 2 is 2.20 bits per heavy atom. The van der Waals surface area contributed by atoms with Gasteiger partial charge in [-0.3, -0.25) is 9.59 Å². The number of pyridine rings is 1. The molecule has 0 unspecified atom stereocenters. The summed E-state index contributed by atoms with van der Waals surface area (Å²) >= 11 is 0. The molecule has 1 rings (SSSR count). The van der Waals surface area contributed by atoms with Crippen molar-refractivity contribution in [2.75, 3.05) is 0 Å². The first kappa shape index (κ1) is 11.4. The zero-order valence-corrected chi connectivity index (χ0v) is 7.88. The normalized spacial score (nSPS) is 10.7. The highest BCUT2D eigenvalue weighted by Crippen LogP contribution is 2.19. The predicted octanol–water partition coefficient (Wildman–Crippen LogP) is 1.25. The fourth-order valence-corrected chi connectivity index (χ4v) is 1.23. The molecule has 0 aromatic carbocycles. The summed E-state index contributed by atoms with van der Waals surface area (Å²) in [7, 11) is 0. The molecule has 0 radical (unpaired) electrons. The molecule has 0 aliphatic heterocycles. The minimum absolute atomic E-state index is 0.0237. The molecule has 0 spiro atoms. The van der Waals surface area contributed by atoms with Gasteiger partial charge in [-0.05, 0) is 18.6 Å². The van der Waals surface area contributed by atoms with E-state index in [9.17, 15) is 18.4 Å². The standard InChI is InChI=1S/C9H9F2NO3/c1-4-2-5(3-6(13)14)9(15)12-7(4)8(10)11/h2,8H,3H2,1H3,(H,12,15)(H,13,14). The summed E-state index contributed by atoms with van der Waals surface area (Å²) in [5.74, 6) is -1.18. The molecule has 1 aromatic rings. The SMILES string of the molecule is Cc1cc(CC(=O)O)c(=O)[nH]c1C(F)F. The summed E-state index contributed by atoms with van der Waals surface area (Å²) in [5, 5.41) is 8.46. The topological polar surface area (TPSA) is 70.2 Å². The number of carbonyl (C=O) groups is 1. The van der Waals surface area contributed by atoms with Gasteiger partial charge in [-0.2, -0.15) is 0 Å². The zero-order chi connectivity index (χ0) is 11.6. The third-order valence-electron chi connectivity index (χ3n) is 1.92. The van der Waals surface area contributed by atoms with Gasteiger partial charge in [0.25, 0.3) is 12.0 Å². The maximum atomic E-state index is 12.3. The summed E-state index contributed by atoms with van der Waals surface area (Å²) in [6, 6.07) is 1.18. The number of H-pyrrole nitrogens is 1. The van der Waals surface area contributed by atoms with Crippen molar-refractivity contribution in [3.8, 4) is 0 Å². The number of aromatic amines is 1. The smallest absolute Gasteiger partial charge is 0.308 e. The zero-order valence-electron chi connectivity index (χ0n) is 7.88. The number of aliphatic carboxylic acids is 1. The molecule has 0 aliphatic carbocycles. The van der Waals surface area contributed by atoms with E-state index in [1.807, 2.05) is 4.98 Å². The number of hydrogen-bond donors (Lipinski definition) is 2. The van der Waals surface area contributed by atoms with Gasteiger partial charge in [0.2, 0.25) is 0 Å². The lowest BCUT2D eigenvalue weighted by Crippen LogP contribution is -2.19. The van der Waals surface area contributed by atoms with E-state index in [0.29, 0.717) is 0 Å². The molecule has 1 aromatic heterocycles. The van der Waals surface area contributed by atoms with Crippen LogP contribution in [0.25, 0.3) is 0 Å². The van der Waals surface area contributed by atoms with Crippen LogP contribution in [0.15, 0.2) is 10.9 Å². The largest absolute Gasteiger partial charge is 0.481 e. The average molecular weight is 217 g/mol. The Balaban J connectivity index is 3.20. The first-order valence-electron chi connectivity index (χ1n) is 4.14. The Labute approximate surface area is 83.6 Å². The maximum absolute atomic E-state index is 12.3. The Morgan fingerprint density at radius 1 is 1.60 bits per heavy atom. The van der Waals surface area contributed by atoms with Crippen LogP contribution in [0.2, 0.25) is 0 Å². The minimum Gasteiger partial charge on any atom is -0.481 e. The number of alkyl halides is 2. The molecule has 0 bridgehead atoms. The van der Waals surface area contributed by atoms with Crippen LogP contribution in [0, 0.1) is 6.92 Å². The van der Waals surface area contributed by atoms with E-state index in [0.717, 1.165) is 0 Å². The summed E-state index contributed by atoms with van der Waals surface area (Å²) < 4.78 is 24.6. The lowest BCUT2D eigenvalue weighted by Gasteiger charge is -2.05. The van der Waals surface area contributed by atoms with Crippen LogP contribution in [0.3, 0.4) is 0 Å². The van der Waals surface area contributed by atoms with E-state index < -0.39 is 30.1 Å². The molecule has 1 heterocycles. The highest BCUT2D eigenvalue weighted by atomic mass is 19.3. The summed E-state index contributed by atoms with van der Waals surface area (Å²) in [4.78, 5) is 23.5. The van der Waals surface area contributed by atoms with E-state index in [2.05, 4.69) is 0 Å². The Kier molecular flexibility index (Phi) is 3.18. The molecule has 0 aliphatic rings. The number of carboxylic acids is 1. The second kappa shape index (κ2) is 4.20. The summed E-state index contributed by atoms with van der Waals surface area (Å²) in [5.41, 5.74) is -1.09. The van der Waals surface area contributed by atoms with Crippen LogP contribution >= 0.6 is 0 Å². The van der Waals surface area contributed by atoms with Gasteiger partial charge in [-0.1, -0.05) is 0 Å². The molecule has 82 valence electrons. The number of hydrogen-bond acceptors (Lipinski definition) is 2. The van der Waals surface area contributed by atoms with E-state index in [-0.39, 0.29) is 11.1 Å². The van der Waals surface area contributed by atoms with E-state index in [4.69, 9.17) is 5.11 Å². The molecule has 0 atom stereocenters. The Bertz CT molecular complexity index is 439. The van der Waals surface area contributed by atoms with Crippen molar-refractivity contribution in [3.63, 3.8) is 0 Å². The first-order valence-corrected chi connectivity index (χ1v) is 4.14. The monoisotopic (exact) mass is 217 g/mol. The molecule has 6 heteroatoms. The lowest BCUT2D eigenvalue weighted by molar-refractivity contribution is -0.136. The van der Waals surface area contributed by atoms with E-state index >= 15 is 0 Å². The van der Waals surface area contributed by atoms with Gasteiger partial charge in [-0.25, -0.2) is 8.78 Å². The average Bonchev–Trinajstić information content (AvgIpc) is 2.09. The van der Waals surface area contributed by atoms with Gasteiger partial charge in [0, 0.05) is 5.56 Å². The Hall–Kier alpha value is -1.72.